The third-order valence-electron chi connectivity index (χ3n) is 2.76. The van der Waals surface area contributed by atoms with Crippen molar-refractivity contribution in [3.63, 3.8) is 0 Å². The Hall–Kier alpha value is 11.6. The van der Waals surface area contributed by atoms with Crippen molar-refractivity contribution in [1.82, 2.24) is 0 Å². The van der Waals surface area contributed by atoms with E-state index >= 15 is 0 Å². The van der Waals surface area contributed by atoms with Crippen molar-refractivity contribution in [3.05, 3.63) is 0 Å². The molecule has 0 aliphatic heterocycles. The van der Waals surface area contributed by atoms with Crippen LogP contribution in [0.2, 0.25) is 0 Å². The summed E-state index contributed by atoms with van der Waals surface area (Å²) in [4.78, 5) is 0. The van der Waals surface area contributed by atoms with Crippen LogP contribution in [0.4, 0.5) is 0 Å². The maximum Gasteiger partial charge on any atom is 0 e. The van der Waals surface area contributed by atoms with E-state index in [9.17, 15) is 0 Å². The minimum absolute atomic E-state index is 0. The fourth-order valence-corrected chi connectivity index (χ4v) is 2.45. The van der Waals surface area contributed by atoms with Gasteiger partial charge >= 0.3 is 68.2 Å². The molecule has 0 aromatic rings. The molecule has 17 heteroatoms. The van der Waals surface area contributed by atoms with Gasteiger partial charge in [-0.25, -0.2) is 0 Å². The van der Waals surface area contributed by atoms with Gasteiger partial charge in [0.2, 0.25) is 0 Å². The standard InChI is InChI=1S/C8H14.17W/c1-7-5-4-6-8(7,2)3;;;;;;;;;;;;;;;;;/h7H,4-5H2,1-3H3;;;;;;;;;;;;;;;;;. The van der Waals surface area contributed by atoms with Crippen LogP contribution in [0.1, 0.15) is 33.6 Å². The summed E-state index contributed by atoms with van der Waals surface area (Å²) in [5.74, 6) is 0.921. The molecule has 25 heavy (non-hydrogen) atoms. The van der Waals surface area contributed by atoms with Gasteiger partial charge in [0.1, 0.15) is 0 Å². The van der Waals surface area contributed by atoms with E-state index in [2.05, 4.69) is 20.8 Å². The zero-order valence-corrected chi connectivity index (χ0v) is 62.8. The Balaban J connectivity index is -0.00000000362. The van der Waals surface area contributed by atoms with E-state index in [0.717, 1.165) is 5.92 Å². The summed E-state index contributed by atoms with van der Waals surface area (Å²) in [6, 6.07) is 0. The molecule has 0 nitrogen and oxygen atoms in total. The van der Waals surface area contributed by atoms with E-state index in [0.29, 0.717) is 5.41 Å². The minimum atomic E-state index is 0. The molecular weight excluding hydrogens is 3220 g/mol. The first-order valence-electron chi connectivity index (χ1n) is 3.58. The van der Waals surface area contributed by atoms with Crippen LogP contribution < -0.4 is 0 Å². The molecule has 1 rings (SSSR count). The van der Waals surface area contributed by atoms with Crippen molar-refractivity contribution < 1.29 is 356 Å². The predicted octanol–water partition coefficient (Wildman–Crippen LogP) is 2.12. The molecule has 0 heterocycles. The molecule has 0 bridgehead atoms. The second-order valence-corrected chi connectivity index (χ2v) is 5.36. The zero-order valence-electron chi connectivity index (χ0n) is 12.9. The van der Waals surface area contributed by atoms with Crippen molar-refractivity contribution in [3.8, 4) is 0 Å². The summed E-state index contributed by atoms with van der Waals surface area (Å²) in [6.45, 7) is 7.13. The first kappa shape index (κ1) is 109. The molecule has 1 saturated carbocycles. The van der Waals surface area contributed by atoms with E-state index in [1.165, 1.54) is 12.8 Å². The molecule has 0 saturated heterocycles. The van der Waals surface area contributed by atoms with E-state index in [1.54, 1.807) is 23.3 Å². The van der Waals surface area contributed by atoms with Crippen LogP contribution in [0.15, 0.2) is 0 Å². The predicted molar refractivity (Wildman–Crippen MR) is 37.2 cm³/mol. The molecule has 1 fully saturated rings. The summed E-state index contributed by atoms with van der Waals surface area (Å²) < 4.78 is 1.77. The Morgan fingerprint density at radius 3 is 0.840 bits per heavy atom. The monoisotopic (exact) mass is 3240 g/mol. The first-order chi connectivity index (χ1) is 4.05. The van der Waals surface area contributed by atoms with Crippen molar-refractivity contribution in [1.29, 1.82) is 0 Å². The van der Waals surface area contributed by atoms with Gasteiger partial charge < -0.3 is 0 Å². The van der Waals surface area contributed by atoms with Gasteiger partial charge in [0.15, 0.2) is 0 Å². The van der Waals surface area contributed by atoms with Crippen molar-refractivity contribution >= 4 is 3.90 Å². The van der Waals surface area contributed by atoms with E-state index in [4.69, 9.17) is 0 Å². The average molecular weight is 3240 g/mol. The van der Waals surface area contributed by atoms with Crippen molar-refractivity contribution in [2.75, 3.05) is 0 Å². The van der Waals surface area contributed by atoms with Crippen LogP contribution in [0.25, 0.3) is 0 Å². The van der Waals surface area contributed by atoms with Crippen molar-refractivity contribution in [2.24, 2.45) is 11.3 Å². The van der Waals surface area contributed by atoms with Gasteiger partial charge in [0.25, 0.3) is 0 Å². The molecule has 1 atom stereocenters. The summed E-state index contributed by atoms with van der Waals surface area (Å²) in [5, 5.41) is 0. The molecule has 0 spiro atoms. The van der Waals surface area contributed by atoms with Crippen LogP contribution in [0.3, 0.4) is 0 Å². The SMILES string of the molecule is CC1CC[C](=[W])C1(C)C.[W].[W].[W].[W].[W].[W].[W].[W].[W].[W].[W].[W].[W].[W].[W].[W]. The van der Waals surface area contributed by atoms with Gasteiger partial charge in [0, 0.05) is 337 Å². The fourth-order valence-electron chi connectivity index (χ4n) is 1.31. The number of rotatable bonds is 0. The zero-order chi connectivity index (χ0) is 7.07. The van der Waals surface area contributed by atoms with Crippen LogP contribution in [0, 0.1) is 11.3 Å². The van der Waals surface area contributed by atoms with E-state index in [1.807, 2.05) is 0 Å². The minimum Gasteiger partial charge on any atom is 0 e. The van der Waals surface area contributed by atoms with Gasteiger partial charge in [-0.05, 0) is 0 Å². The van der Waals surface area contributed by atoms with Gasteiger partial charge in [-0.1, -0.05) is 0 Å². The molecule has 148 valence electrons. The van der Waals surface area contributed by atoms with Crippen LogP contribution in [-0.2, 0) is 356 Å². The first-order valence-corrected chi connectivity index (χ1v) is 5.05. The largest absolute Gasteiger partial charge is 0 e. The molecule has 0 amide bonds. The van der Waals surface area contributed by atoms with Gasteiger partial charge in [-0.2, -0.15) is 0 Å². The molecule has 0 N–H and O–H groups in total. The van der Waals surface area contributed by atoms with Crippen LogP contribution >= 0.6 is 0 Å². The Kier molecular flexibility index (Phi) is 284. The van der Waals surface area contributed by atoms with Crippen LogP contribution in [-0.4, -0.2) is 3.90 Å². The third kappa shape index (κ3) is 49.1. The molecule has 1 aliphatic rings. The average Bonchev–Trinajstić information content (AvgIpc) is 1.96. The Bertz CT molecular complexity index is 154. The number of hydrogen-bond donors (Lipinski definition) is 0. The van der Waals surface area contributed by atoms with Gasteiger partial charge in [-0.15, -0.1) is 0 Å². The number of hydrogen-bond acceptors (Lipinski definition) is 0. The fraction of sp³-hybridized carbons (Fsp3) is 0.875. The molecule has 1 aliphatic carbocycles. The molecule has 1 unspecified atom stereocenters. The summed E-state index contributed by atoms with van der Waals surface area (Å²) in [6.07, 6.45) is 2.81. The molecular formula is C8H14W17. The molecule has 0 aromatic carbocycles. The Morgan fingerprint density at radius 1 is 0.600 bits per heavy atom. The van der Waals surface area contributed by atoms with Gasteiger partial charge in [0.05, 0.1) is 0 Å². The molecule has 0 radical (unpaired) electrons. The Morgan fingerprint density at radius 2 is 0.800 bits per heavy atom. The maximum atomic E-state index is 2.38. The molecule has 0 aromatic heterocycles. The maximum absolute atomic E-state index is 2.38. The van der Waals surface area contributed by atoms with Crippen LogP contribution in [0.5, 0.6) is 0 Å². The van der Waals surface area contributed by atoms with Gasteiger partial charge in [-0.3, -0.25) is 0 Å². The smallest absolute Gasteiger partial charge is 0 e. The van der Waals surface area contributed by atoms with E-state index in [-0.39, 0.29) is 337 Å². The third-order valence-corrected chi connectivity index (χ3v) is 5.38. The quantitative estimate of drug-likeness (QED) is 0.350. The second kappa shape index (κ2) is 65.0. The summed E-state index contributed by atoms with van der Waals surface area (Å²) >= 11 is 1.71. The Labute approximate surface area is 395 Å². The summed E-state index contributed by atoms with van der Waals surface area (Å²) in [7, 11) is 0. The normalized spacial score (nSPS) is 12.0. The van der Waals surface area contributed by atoms with Crippen molar-refractivity contribution in [2.45, 2.75) is 33.6 Å². The second-order valence-electron chi connectivity index (χ2n) is 3.58. The topological polar surface area (TPSA) is 0 Å². The summed E-state index contributed by atoms with van der Waals surface area (Å²) in [5.41, 5.74) is 0.565. The van der Waals surface area contributed by atoms with E-state index < -0.39 is 0 Å².